The molecule has 3 aromatic rings. The maximum atomic E-state index is 14.6. The number of aromatic amines is 1. The van der Waals surface area contributed by atoms with Crippen LogP contribution in [0.5, 0.6) is 0 Å². The summed E-state index contributed by atoms with van der Waals surface area (Å²) in [4.78, 5) is 21.2. The van der Waals surface area contributed by atoms with Gasteiger partial charge in [-0.05, 0) is 37.1 Å². The Bertz CT molecular complexity index is 1390. The molecule has 3 heterocycles. The van der Waals surface area contributed by atoms with Gasteiger partial charge in [0.15, 0.2) is 9.84 Å². The second kappa shape index (κ2) is 9.45. The minimum Gasteiger partial charge on any atom is -0.351 e. The monoisotopic (exact) mass is 517 g/mol. The van der Waals surface area contributed by atoms with E-state index in [4.69, 9.17) is 0 Å². The quantitative estimate of drug-likeness (QED) is 0.365. The van der Waals surface area contributed by atoms with Crippen LogP contribution in [-0.2, 0) is 15.3 Å². The van der Waals surface area contributed by atoms with Gasteiger partial charge in [0, 0.05) is 36.4 Å². The van der Waals surface area contributed by atoms with E-state index >= 15 is 0 Å². The number of rotatable bonds is 6. The van der Waals surface area contributed by atoms with Crippen LogP contribution < -0.4 is 10.2 Å². The van der Waals surface area contributed by atoms with E-state index in [1.165, 1.54) is 18.5 Å². The number of anilines is 3. The number of piperidine rings is 1. The summed E-state index contributed by atoms with van der Waals surface area (Å²) >= 11 is 0. The zero-order chi connectivity index (χ0) is 26.3. The number of benzene rings is 1. The molecular weight excluding hydrogens is 489 g/mol. The molecule has 0 amide bonds. The summed E-state index contributed by atoms with van der Waals surface area (Å²) in [5.41, 5.74) is 1.46. The molecule has 13 heteroatoms. The van der Waals surface area contributed by atoms with Gasteiger partial charge in [-0.15, -0.1) is 0 Å². The van der Waals surface area contributed by atoms with Crippen molar-refractivity contribution in [3.05, 3.63) is 57.9 Å². The Balaban J connectivity index is 1.55. The third kappa shape index (κ3) is 5.30. The second-order valence-electron chi connectivity index (χ2n) is 9.91. The minimum absolute atomic E-state index is 0.0645. The van der Waals surface area contributed by atoms with Gasteiger partial charge in [0.05, 0.1) is 21.2 Å². The van der Waals surface area contributed by atoms with Crippen LogP contribution in [0, 0.1) is 15.9 Å². The molecule has 36 heavy (non-hydrogen) atoms. The summed E-state index contributed by atoms with van der Waals surface area (Å²) in [6.07, 6.45) is 3.65. The molecule has 192 valence electrons. The van der Waals surface area contributed by atoms with Crippen molar-refractivity contribution in [2.45, 2.75) is 49.8 Å². The van der Waals surface area contributed by atoms with Gasteiger partial charge in [0.1, 0.15) is 12.1 Å². The lowest BCUT2D eigenvalue weighted by Crippen LogP contribution is -2.34. The number of nitrogens with zero attached hydrogens (tertiary/aromatic N) is 5. The molecule has 1 aliphatic rings. The molecule has 0 spiro atoms. The molecule has 2 N–H and O–H groups in total. The molecule has 1 saturated heterocycles. The number of aromatic nitrogens is 4. The summed E-state index contributed by atoms with van der Waals surface area (Å²) in [5.74, 6) is -0.668. The molecule has 0 radical (unpaired) electrons. The van der Waals surface area contributed by atoms with E-state index < -0.39 is 20.6 Å². The Hall–Kier alpha value is -3.61. The first kappa shape index (κ1) is 25.5. The maximum absolute atomic E-state index is 14.6. The second-order valence-corrected chi connectivity index (χ2v) is 11.9. The molecule has 1 fully saturated rings. The predicted octanol–water partition coefficient (Wildman–Crippen LogP) is 4.08. The molecule has 11 nitrogen and oxygen atoms in total. The van der Waals surface area contributed by atoms with Crippen molar-refractivity contribution in [2.75, 3.05) is 29.6 Å². The lowest BCUT2D eigenvalue weighted by Gasteiger charge is -2.32. The van der Waals surface area contributed by atoms with E-state index in [1.807, 2.05) is 4.90 Å². The van der Waals surface area contributed by atoms with Crippen molar-refractivity contribution in [1.82, 2.24) is 20.2 Å². The van der Waals surface area contributed by atoms with Crippen molar-refractivity contribution in [3.8, 4) is 0 Å². The van der Waals surface area contributed by atoms with Gasteiger partial charge in [-0.2, -0.15) is 5.10 Å². The van der Waals surface area contributed by atoms with Gasteiger partial charge in [-0.1, -0.05) is 20.8 Å². The van der Waals surface area contributed by atoms with E-state index in [2.05, 4.69) is 52.3 Å². The Labute approximate surface area is 208 Å². The van der Waals surface area contributed by atoms with E-state index in [9.17, 15) is 22.9 Å². The van der Waals surface area contributed by atoms with Gasteiger partial charge >= 0.3 is 5.69 Å². The summed E-state index contributed by atoms with van der Waals surface area (Å²) in [7, 11) is -3.60. The minimum atomic E-state index is -3.60. The molecule has 0 unspecified atom stereocenters. The van der Waals surface area contributed by atoms with E-state index in [0.717, 1.165) is 36.6 Å². The van der Waals surface area contributed by atoms with Crippen molar-refractivity contribution in [3.63, 3.8) is 0 Å². The van der Waals surface area contributed by atoms with Crippen LogP contribution in [0.1, 0.15) is 50.9 Å². The number of hydrogen-bond acceptors (Lipinski definition) is 9. The van der Waals surface area contributed by atoms with Crippen molar-refractivity contribution < 1.29 is 17.7 Å². The summed E-state index contributed by atoms with van der Waals surface area (Å²) in [5, 5.41) is 22.2. The maximum Gasteiger partial charge on any atom is 0.353 e. The zero-order valence-electron chi connectivity index (χ0n) is 20.4. The lowest BCUT2D eigenvalue weighted by molar-refractivity contribution is -0.383. The van der Waals surface area contributed by atoms with Gasteiger partial charge in [-0.25, -0.2) is 22.8 Å². The normalized spacial score (nSPS) is 15.2. The SMILES string of the molecule is CC(C)(C)c1cc(C2CCN(c3ncnc(Nc4ccc(S(C)(=O)=O)cc4F)c3[N+](=O)[O-])CC2)[nH]n1. The Morgan fingerprint density at radius 3 is 2.44 bits per heavy atom. The number of sulfone groups is 1. The van der Waals surface area contributed by atoms with Crippen LogP contribution in [0.2, 0.25) is 0 Å². The first-order chi connectivity index (χ1) is 16.8. The van der Waals surface area contributed by atoms with Crippen LogP contribution >= 0.6 is 0 Å². The molecule has 0 aliphatic carbocycles. The topological polar surface area (TPSA) is 147 Å². The molecule has 1 aliphatic heterocycles. The highest BCUT2D eigenvalue weighted by atomic mass is 32.2. The van der Waals surface area contributed by atoms with Crippen LogP contribution in [0.4, 0.5) is 27.4 Å². The van der Waals surface area contributed by atoms with Gasteiger partial charge in [0.2, 0.25) is 11.6 Å². The van der Waals surface area contributed by atoms with Gasteiger partial charge in [-0.3, -0.25) is 15.2 Å². The zero-order valence-corrected chi connectivity index (χ0v) is 21.3. The largest absolute Gasteiger partial charge is 0.353 e. The van der Waals surface area contributed by atoms with Gasteiger partial charge < -0.3 is 10.2 Å². The number of H-pyrrole nitrogens is 1. The van der Waals surface area contributed by atoms with Crippen LogP contribution in [0.15, 0.2) is 35.5 Å². The first-order valence-electron chi connectivity index (χ1n) is 11.4. The first-order valence-corrected chi connectivity index (χ1v) is 13.3. The average molecular weight is 518 g/mol. The average Bonchev–Trinajstić information content (AvgIpc) is 3.30. The smallest absolute Gasteiger partial charge is 0.351 e. The van der Waals surface area contributed by atoms with Gasteiger partial charge in [0.25, 0.3) is 0 Å². The summed E-state index contributed by atoms with van der Waals surface area (Å²) in [6.45, 7) is 7.36. The summed E-state index contributed by atoms with van der Waals surface area (Å²) in [6, 6.07) is 5.37. The molecule has 0 saturated carbocycles. The van der Waals surface area contributed by atoms with Crippen LogP contribution in [0.3, 0.4) is 0 Å². The number of hydrogen-bond donors (Lipinski definition) is 2. The highest BCUT2D eigenvalue weighted by Gasteiger charge is 2.31. The molecule has 0 bridgehead atoms. The third-order valence-electron chi connectivity index (χ3n) is 6.21. The lowest BCUT2D eigenvalue weighted by atomic mass is 9.89. The van der Waals surface area contributed by atoms with Crippen LogP contribution in [0.25, 0.3) is 0 Å². The van der Waals surface area contributed by atoms with E-state index in [-0.39, 0.29) is 39.2 Å². The number of nitro groups is 1. The molecule has 0 atom stereocenters. The Morgan fingerprint density at radius 1 is 1.19 bits per heavy atom. The summed E-state index contributed by atoms with van der Waals surface area (Å²) < 4.78 is 37.9. The molecular formula is C23H28FN7O4S. The highest BCUT2D eigenvalue weighted by molar-refractivity contribution is 7.90. The fourth-order valence-electron chi connectivity index (χ4n) is 4.15. The fourth-order valence-corrected chi connectivity index (χ4v) is 4.78. The van der Waals surface area contributed by atoms with Crippen molar-refractivity contribution in [2.24, 2.45) is 0 Å². The van der Waals surface area contributed by atoms with Crippen molar-refractivity contribution >= 4 is 32.8 Å². The van der Waals surface area contributed by atoms with E-state index in [1.54, 1.807) is 0 Å². The van der Waals surface area contributed by atoms with E-state index in [0.29, 0.717) is 13.1 Å². The van der Waals surface area contributed by atoms with Crippen molar-refractivity contribution in [1.29, 1.82) is 0 Å². The molecule has 1 aromatic carbocycles. The molecule has 4 rings (SSSR count). The third-order valence-corrected chi connectivity index (χ3v) is 7.32. The fraction of sp³-hybridized carbons (Fsp3) is 0.435. The number of halogens is 1. The number of nitrogens with one attached hydrogen (secondary N) is 2. The standard InChI is InChI=1S/C23H28FN7O4S/c1-23(2,3)19-12-18(28-29-19)14-7-9-30(10-8-14)22-20(31(32)33)21(25-13-26-22)27-17-6-5-15(11-16(17)24)36(4,34)35/h5-6,11-14H,7-10H2,1-4H3,(H,28,29)(H,25,26,27). The Morgan fingerprint density at radius 2 is 1.89 bits per heavy atom. The van der Waals surface area contributed by atoms with Crippen LogP contribution in [-0.4, -0.2) is 52.9 Å². The Kier molecular flexibility index (Phi) is 6.69. The molecule has 2 aromatic heterocycles. The highest BCUT2D eigenvalue weighted by Crippen LogP contribution is 2.38. The predicted molar refractivity (Wildman–Crippen MR) is 133 cm³/mol.